The molecule has 628 valence electrons. The largest absolute Gasteiger partial charge is 0.501 e. The molecular formula is C81H107F5N12O13S4. The number of thioether (sulfide) groups is 1. The van der Waals surface area contributed by atoms with Crippen molar-refractivity contribution in [2.75, 3.05) is 127 Å². The topological polar surface area (TPSA) is 311 Å². The number of carbonyl (C=O) groups excluding carboxylic acids is 6. The van der Waals surface area contributed by atoms with E-state index in [1.165, 1.54) is 39.9 Å². The van der Waals surface area contributed by atoms with E-state index in [0.717, 1.165) is 83.3 Å². The van der Waals surface area contributed by atoms with Gasteiger partial charge in [-0.15, -0.1) is 23.1 Å². The number of rotatable bonds is 35. The summed E-state index contributed by atoms with van der Waals surface area (Å²) < 4.78 is 139. The number of alkyl halides is 5. The standard InChI is InChI=1S/C81H107F5N12O13S4/c1-53(55-13-15-56(16-14-55)70-54(2)89-52-113-70)90-73(103)66-43-61(99)47-98(66)74(104)71(77(3,4)5)92-69(101)24-23-68(100)87-28-39-110-41-42-111-40-29-88-76(105)97-37-31-94(32-38-97)30-26-59(48-112-62-11-9-8-10-12-62)91-65-22-21-63(44-67(65)114(106,107)81(84,85)86)115(108,109)93-72(102)57-17-19-60(20-18-57)96-35-33-95(34-36-96)46-58-25-27-78(6,7)45-64(58)79-49-80(50-79,51-79)75(82)83/h8-22,44,52-53,59,61,66,71,75,91,99H,23-43,45-51H2,1-7H3,(H,87,100)(H,88,105)(H,90,103)(H,92,101)(H,93,102)/t53-,59+,61+,66-,71?,79?,80?/m0/s1. The van der Waals surface area contributed by atoms with E-state index >= 15 is 0 Å². The van der Waals surface area contributed by atoms with Crippen LogP contribution in [0.15, 0.2) is 128 Å². The van der Waals surface area contributed by atoms with Crippen LogP contribution in [0.3, 0.4) is 0 Å². The number of β-amino-alcohol motifs (C(OH)–C–C–N with tert-alkyl or cyclic N) is 1. The first kappa shape index (κ1) is 88.0. The number of urea groups is 1. The van der Waals surface area contributed by atoms with E-state index in [2.05, 4.69) is 60.1 Å². The number of halogens is 5. The van der Waals surface area contributed by atoms with Crippen molar-refractivity contribution in [1.82, 2.24) is 50.6 Å². The average molecular weight is 1680 g/mol. The minimum absolute atomic E-state index is 0.0242. The Morgan fingerprint density at radius 1 is 0.774 bits per heavy atom. The van der Waals surface area contributed by atoms with Gasteiger partial charge in [0, 0.05) is 138 Å². The van der Waals surface area contributed by atoms with Gasteiger partial charge in [0.15, 0.2) is 0 Å². The molecule has 7 aliphatic rings. The first-order valence-corrected chi connectivity index (χ1v) is 44.1. The maximum atomic E-state index is 14.6. The summed E-state index contributed by atoms with van der Waals surface area (Å²) in [6.07, 6.45) is 1.32. The molecule has 0 spiro atoms. The van der Waals surface area contributed by atoms with Crippen LogP contribution in [0.2, 0.25) is 0 Å². The fourth-order valence-electron chi connectivity index (χ4n) is 16.3. The number of thiazole rings is 1. The lowest BCUT2D eigenvalue weighted by Gasteiger charge is -2.72. The molecule has 7 N–H and O–H groups in total. The highest BCUT2D eigenvalue weighted by Gasteiger charge is 2.73. The van der Waals surface area contributed by atoms with Gasteiger partial charge in [-0.1, -0.05) is 88.2 Å². The number of aryl methyl sites for hydroxylation is 1. The van der Waals surface area contributed by atoms with Gasteiger partial charge in [-0.05, 0) is 141 Å². The van der Waals surface area contributed by atoms with Crippen molar-refractivity contribution in [2.45, 2.75) is 170 Å². The maximum Gasteiger partial charge on any atom is 0.501 e. The summed E-state index contributed by atoms with van der Waals surface area (Å²) in [5.74, 6) is -2.77. The van der Waals surface area contributed by atoms with Gasteiger partial charge in [0.05, 0.1) is 65.2 Å². The minimum atomic E-state index is -6.20. The van der Waals surface area contributed by atoms with Crippen LogP contribution < -0.4 is 36.2 Å². The number of ether oxygens (including phenoxy) is 2. The number of aromatic nitrogens is 1. The zero-order chi connectivity index (χ0) is 82.8. The predicted octanol–water partition coefficient (Wildman–Crippen LogP) is 10.2. The molecule has 3 aliphatic heterocycles. The average Bonchev–Trinajstić information content (AvgIpc) is 0.774. The molecule has 1 aromatic heterocycles. The highest BCUT2D eigenvalue weighted by Crippen LogP contribution is 2.79. The number of likely N-dealkylation sites (tertiary alicyclic amines) is 1. The van der Waals surface area contributed by atoms with Gasteiger partial charge in [-0.3, -0.25) is 33.8 Å². The monoisotopic (exact) mass is 1680 g/mol. The lowest BCUT2D eigenvalue weighted by molar-refractivity contribution is -0.250. The lowest BCUT2D eigenvalue weighted by Crippen LogP contribution is -2.66. The van der Waals surface area contributed by atoms with Gasteiger partial charge >= 0.3 is 11.5 Å². The van der Waals surface area contributed by atoms with Gasteiger partial charge in [0.25, 0.3) is 25.8 Å². The van der Waals surface area contributed by atoms with Crippen LogP contribution >= 0.6 is 23.1 Å². The summed E-state index contributed by atoms with van der Waals surface area (Å²) in [7, 11) is -11.2. The van der Waals surface area contributed by atoms with Gasteiger partial charge < -0.3 is 55.9 Å². The number of aliphatic hydroxyl groups is 1. The Labute approximate surface area is 678 Å². The van der Waals surface area contributed by atoms with E-state index in [1.807, 2.05) is 73.2 Å². The van der Waals surface area contributed by atoms with E-state index in [1.54, 1.807) is 54.7 Å². The maximum absolute atomic E-state index is 14.6. The van der Waals surface area contributed by atoms with Crippen LogP contribution in [0.1, 0.15) is 133 Å². The Morgan fingerprint density at radius 3 is 2.04 bits per heavy atom. The summed E-state index contributed by atoms with van der Waals surface area (Å²) in [5.41, 5.74) is 0.162. The quantitative estimate of drug-likeness (QED) is 0.00858. The van der Waals surface area contributed by atoms with E-state index in [0.29, 0.717) is 71.1 Å². The zero-order valence-corrected chi connectivity index (χ0v) is 69.4. The molecule has 0 radical (unpaired) electrons. The molecule has 3 saturated heterocycles. The molecule has 4 heterocycles. The minimum Gasteiger partial charge on any atom is -0.391 e. The highest BCUT2D eigenvalue weighted by atomic mass is 32.2. The second-order valence-corrected chi connectivity index (χ2v) is 38.6. The van der Waals surface area contributed by atoms with E-state index in [9.17, 15) is 72.7 Å². The second kappa shape index (κ2) is 37.4. The third-order valence-corrected chi connectivity index (χ3v) is 27.8. The fraction of sp³-hybridized carbons (Fsp3) is 0.568. The van der Waals surface area contributed by atoms with Crippen molar-refractivity contribution in [3.05, 3.63) is 131 Å². The smallest absolute Gasteiger partial charge is 0.391 e. The molecule has 25 nitrogen and oxygen atoms in total. The number of aliphatic hydroxyl groups excluding tert-OH is 1. The molecule has 6 fully saturated rings. The molecule has 34 heteroatoms. The third-order valence-electron chi connectivity index (χ3n) is 22.8. The summed E-state index contributed by atoms with van der Waals surface area (Å²) in [4.78, 5) is 94.2. The summed E-state index contributed by atoms with van der Waals surface area (Å²) in [6, 6.07) is 22.0. The molecule has 7 amide bonds. The fourth-order valence-corrected chi connectivity index (χ4v) is 20.1. The molecule has 3 saturated carbocycles. The van der Waals surface area contributed by atoms with Gasteiger partial charge in [-0.2, -0.15) is 13.2 Å². The number of carbonyl (C=O) groups is 6. The number of nitrogens with zero attached hydrogens (tertiary/aromatic N) is 6. The van der Waals surface area contributed by atoms with E-state index < -0.39 is 118 Å². The number of sulfonamides is 1. The van der Waals surface area contributed by atoms with Crippen LogP contribution in [0.25, 0.3) is 10.4 Å². The molecule has 115 heavy (non-hydrogen) atoms. The summed E-state index contributed by atoms with van der Waals surface area (Å²) >= 11 is 2.91. The number of piperazine rings is 2. The highest BCUT2D eigenvalue weighted by molar-refractivity contribution is 7.99. The zero-order valence-electron chi connectivity index (χ0n) is 66.1. The van der Waals surface area contributed by atoms with Crippen LogP contribution in [0, 0.1) is 28.6 Å². The molecule has 4 aliphatic carbocycles. The lowest BCUT2D eigenvalue weighted by atomic mass is 9.32. The number of amides is 7. The number of sulfone groups is 1. The van der Waals surface area contributed by atoms with Crippen molar-refractivity contribution >= 4 is 89.9 Å². The van der Waals surface area contributed by atoms with Crippen molar-refractivity contribution < 1.29 is 82.1 Å². The molecular weight excluding hydrogens is 1570 g/mol. The molecule has 4 aromatic carbocycles. The number of hydrogen-bond acceptors (Lipinski definition) is 20. The molecule has 5 atom stereocenters. The number of anilines is 2. The first-order chi connectivity index (χ1) is 54.4. The Balaban J connectivity index is 0.578. The van der Waals surface area contributed by atoms with Crippen LogP contribution in [0.5, 0.6) is 0 Å². The van der Waals surface area contributed by atoms with Gasteiger partial charge in [0.2, 0.25) is 30.1 Å². The first-order valence-electron chi connectivity index (χ1n) is 39.2. The number of nitrogens with one attached hydrogen (secondary N) is 6. The van der Waals surface area contributed by atoms with Crippen molar-refractivity contribution in [2.24, 2.45) is 21.7 Å². The van der Waals surface area contributed by atoms with Crippen molar-refractivity contribution in [1.29, 1.82) is 0 Å². The Kier molecular flexibility index (Phi) is 28.6. The normalized spacial score (nSPS) is 21.5. The third kappa shape index (κ3) is 22.1. The Morgan fingerprint density at radius 2 is 1.42 bits per heavy atom. The van der Waals surface area contributed by atoms with Crippen molar-refractivity contribution in [3.8, 4) is 10.4 Å². The second-order valence-electron chi connectivity index (χ2n) is 33.0. The molecule has 5 aromatic rings. The SMILES string of the molecule is Cc1ncsc1-c1ccc([C@H](C)NC(=O)[C@@H]2C[C@@H](O)CN2C(=O)C(NC(=O)CCC(=O)NCCOCCOCCNC(=O)N2CCN(CC[C@H](CSc3ccccc3)Nc3ccc(S(=O)(=O)NC(=O)c4ccc(N5CCN(CC6=C(C78CC(C(F)F)(C7)C8)CC(C)(C)CC6)CC5)cc4)cc3S(=O)(=O)C(F)(F)F)CC2)C(C)(C)C)cc1. The number of allylic oxidation sites excluding steroid dienone is 1. The summed E-state index contributed by atoms with van der Waals surface area (Å²) in [6.45, 7) is 20.0. The van der Waals surface area contributed by atoms with Gasteiger partial charge in [0.1, 0.15) is 17.0 Å². The van der Waals surface area contributed by atoms with Crippen molar-refractivity contribution in [3.63, 3.8) is 0 Å². The van der Waals surface area contributed by atoms with Crippen LogP contribution in [-0.4, -0.2) is 236 Å². The van der Waals surface area contributed by atoms with Crippen LogP contribution in [0.4, 0.5) is 38.1 Å². The van der Waals surface area contributed by atoms with Gasteiger partial charge in [-0.25, -0.2) is 40.1 Å². The van der Waals surface area contributed by atoms with Crippen LogP contribution in [-0.2, 0) is 48.5 Å². The molecule has 1 unspecified atom stereocenters. The molecule has 12 rings (SSSR count). The molecule has 2 bridgehead atoms. The van der Waals surface area contributed by atoms with E-state index in [4.69, 9.17) is 9.47 Å². The number of benzene rings is 4. The van der Waals surface area contributed by atoms with E-state index in [-0.39, 0.29) is 99.9 Å². The number of hydrogen-bond donors (Lipinski definition) is 7. The summed E-state index contributed by atoms with van der Waals surface area (Å²) in [5, 5.41) is 25.0. The Bertz CT molecular complexity index is 4500. The predicted molar refractivity (Wildman–Crippen MR) is 430 cm³/mol. The Hall–Kier alpha value is -7.83.